The van der Waals surface area contributed by atoms with E-state index in [9.17, 15) is 0 Å². The van der Waals surface area contributed by atoms with Crippen molar-refractivity contribution < 1.29 is 0 Å². The smallest absolute Gasteiger partial charge is 0.0582 e. The lowest BCUT2D eigenvalue weighted by atomic mass is 10.2. The Morgan fingerprint density at radius 2 is 2.44 bits per heavy atom. The van der Waals surface area contributed by atoms with Crippen LogP contribution in [0.4, 0.5) is 0 Å². The molecule has 0 spiro atoms. The van der Waals surface area contributed by atoms with E-state index in [4.69, 9.17) is 5.73 Å². The molecule has 3 heteroatoms. The van der Waals surface area contributed by atoms with Crippen molar-refractivity contribution in [3.05, 3.63) is 12.3 Å². The standard InChI is InChI=1S/C6H11IN2/c1-5(8)6-3-2-4-9(6)7/h6H,1-4,8H2. The number of halogens is 1. The largest absolute Gasteiger partial charge is 0.401 e. The fraction of sp³-hybridized carbons (Fsp3) is 0.667. The summed E-state index contributed by atoms with van der Waals surface area (Å²) in [4.78, 5) is 0. The molecule has 1 rings (SSSR count). The average molecular weight is 238 g/mol. The average Bonchev–Trinajstić information content (AvgIpc) is 2.13. The minimum absolute atomic E-state index is 0.436. The Hall–Kier alpha value is 0.230. The SMILES string of the molecule is C=C(N)C1CCCN1I. The topological polar surface area (TPSA) is 29.3 Å². The number of rotatable bonds is 1. The minimum atomic E-state index is 0.436. The molecule has 9 heavy (non-hydrogen) atoms. The summed E-state index contributed by atoms with van der Waals surface area (Å²) in [5.41, 5.74) is 6.35. The van der Waals surface area contributed by atoms with Crippen LogP contribution in [0.1, 0.15) is 12.8 Å². The molecular formula is C6H11IN2. The second-order valence-corrected chi connectivity index (χ2v) is 3.60. The van der Waals surface area contributed by atoms with Crippen LogP contribution in [0, 0.1) is 0 Å². The Balaban J connectivity index is 2.49. The lowest BCUT2D eigenvalue weighted by Gasteiger charge is -2.15. The first kappa shape index (κ1) is 7.34. The van der Waals surface area contributed by atoms with E-state index in [-0.39, 0.29) is 0 Å². The third-order valence-electron chi connectivity index (χ3n) is 1.62. The van der Waals surface area contributed by atoms with Crippen molar-refractivity contribution in [2.24, 2.45) is 5.73 Å². The van der Waals surface area contributed by atoms with E-state index in [1.54, 1.807) is 0 Å². The lowest BCUT2D eigenvalue weighted by molar-refractivity contribution is 0.522. The van der Waals surface area contributed by atoms with Gasteiger partial charge in [-0.15, -0.1) is 0 Å². The van der Waals surface area contributed by atoms with Crippen LogP contribution in [-0.2, 0) is 0 Å². The molecule has 1 fully saturated rings. The summed E-state index contributed by atoms with van der Waals surface area (Å²) in [6.07, 6.45) is 2.43. The van der Waals surface area contributed by atoms with Crippen molar-refractivity contribution in [2.75, 3.05) is 6.54 Å². The van der Waals surface area contributed by atoms with Crippen molar-refractivity contribution in [3.8, 4) is 0 Å². The maximum atomic E-state index is 5.55. The summed E-state index contributed by atoms with van der Waals surface area (Å²) in [6, 6.07) is 0.436. The molecule has 1 saturated heterocycles. The van der Waals surface area contributed by atoms with Gasteiger partial charge in [0.1, 0.15) is 0 Å². The highest BCUT2D eigenvalue weighted by Crippen LogP contribution is 2.23. The highest BCUT2D eigenvalue weighted by Gasteiger charge is 2.22. The number of nitrogens with two attached hydrogens (primary N) is 1. The van der Waals surface area contributed by atoms with Crippen molar-refractivity contribution in [2.45, 2.75) is 18.9 Å². The van der Waals surface area contributed by atoms with Crippen LogP contribution in [0.2, 0.25) is 0 Å². The van der Waals surface area contributed by atoms with Crippen molar-refractivity contribution >= 4 is 22.9 Å². The van der Waals surface area contributed by atoms with E-state index < -0.39 is 0 Å². The molecule has 0 aliphatic carbocycles. The maximum absolute atomic E-state index is 5.55. The summed E-state index contributed by atoms with van der Waals surface area (Å²) < 4.78 is 2.22. The first-order valence-electron chi connectivity index (χ1n) is 3.08. The summed E-state index contributed by atoms with van der Waals surface area (Å²) in [5, 5.41) is 0. The predicted molar refractivity (Wildman–Crippen MR) is 47.1 cm³/mol. The third-order valence-corrected chi connectivity index (χ3v) is 2.77. The fourth-order valence-corrected chi connectivity index (χ4v) is 2.07. The molecule has 0 saturated carbocycles. The summed E-state index contributed by atoms with van der Waals surface area (Å²) >= 11 is 2.30. The molecule has 2 nitrogen and oxygen atoms in total. The van der Waals surface area contributed by atoms with Gasteiger partial charge in [0.15, 0.2) is 0 Å². The van der Waals surface area contributed by atoms with Gasteiger partial charge in [0.25, 0.3) is 0 Å². The van der Waals surface area contributed by atoms with E-state index in [1.165, 1.54) is 12.8 Å². The van der Waals surface area contributed by atoms with Crippen molar-refractivity contribution in [1.82, 2.24) is 3.11 Å². The Kier molecular flexibility index (Phi) is 2.35. The van der Waals surface area contributed by atoms with Gasteiger partial charge in [-0.05, 0) is 12.8 Å². The Bertz CT molecular complexity index is 124. The van der Waals surface area contributed by atoms with Gasteiger partial charge in [-0.3, -0.25) is 0 Å². The molecule has 0 aromatic carbocycles. The third kappa shape index (κ3) is 1.58. The van der Waals surface area contributed by atoms with E-state index >= 15 is 0 Å². The second-order valence-electron chi connectivity index (χ2n) is 2.36. The van der Waals surface area contributed by atoms with Gasteiger partial charge in [0, 0.05) is 35.1 Å². The first-order chi connectivity index (χ1) is 4.22. The maximum Gasteiger partial charge on any atom is 0.0582 e. The molecule has 1 aliphatic heterocycles. The second kappa shape index (κ2) is 2.88. The van der Waals surface area contributed by atoms with Gasteiger partial charge in [0.2, 0.25) is 0 Å². The van der Waals surface area contributed by atoms with Crippen molar-refractivity contribution in [3.63, 3.8) is 0 Å². The van der Waals surface area contributed by atoms with Gasteiger partial charge < -0.3 is 5.73 Å². The lowest BCUT2D eigenvalue weighted by Crippen LogP contribution is -2.24. The molecule has 1 aliphatic rings. The van der Waals surface area contributed by atoms with E-state index in [0.29, 0.717) is 6.04 Å². The zero-order valence-electron chi connectivity index (χ0n) is 5.31. The molecule has 0 bridgehead atoms. The van der Waals surface area contributed by atoms with Gasteiger partial charge in [-0.1, -0.05) is 6.58 Å². The first-order valence-corrected chi connectivity index (χ1v) is 4.05. The Morgan fingerprint density at radius 3 is 2.67 bits per heavy atom. The highest BCUT2D eigenvalue weighted by molar-refractivity contribution is 14.1. The van der Waals surface area contributed by atoms with Gasteiger partial charge in [-0.2, -0.15) is 0 Å². The summed E-state index contributed by atoms with van der Waals surface area (Å²) in [6.45, 7) is 4.87. The fourth-order valence-electron chi connectivity index (χ4n) is 1.10. The van der Waals surface area contributed by atoms with Crippen molar-refractivity contribution in [1.29, 1.82) is 0 Å². The van der Waals surface area contributed by atoms with Crippen LogP contribution < -0.4 is 5.73 Å². The summed E-state index contributed by atoms with van der Waals surface area (Å²) in [5.74, 6) is 0. The molecule has 1 heterocycles. The van der Waals surface area contributed by atoms with Crippen LogP contribution in [-0.4, -0.2) is 15.7 Å². The zero-order chi connectivity index (χ0) is 6.85. The van der Waals surface area contributed by atoms with E-state index in [1.807, 2.05) is 0 Å². The molecule has 0 radical (unpaired) electrons. The van der Waals surface area contributed by atoms with Crippen LogP contribution in [0.15, 0.2) is 12.3 Å². The van der Waals surface area contributed by atoms with Gasteiger partial charge >= 0.3 is 0 Å². The predicted octanol–water partition coefficient (Wildman–Crippen LogP) is 1.27. The van der Waals surface area contributed by atoms with E-state index in [2.05, 4.69) is 32.6 Å². The monoisotopic (exact) mass is 238 g/mol. The van der Waals surface area contributed by atoms with Crippen LogP contribution >= 0.6 is 22.9 Å². The molecule has 0 aromatic rings. The molecule has 1 unspecified atom stereocenters. The normalized spacial score (nSPS) is 28.8. The Labute approximate surface area is 69.6 Å². The molecule has 0 aromatic heterocycles. The zero-order valence-corrected chi connectivity index (χ0v) is 7.47. The number of nitrogens with zero attached hydrogens (tertiary/aromatic N) is 1. The molecule has 1 atom stereocenters. The number of hydrogen-bond acceptors (Lipinski definition) is 2. The van der Waals surface area contributed by atoms with E-state index in [0.717, 1.165) is 12.2 Å². The molecule has 2 N–H and O–H groups in total. The molecule has 52 valence electrons. The summed E-state index contributed by atoms with van der Waals surface area (Å²) in [7, 11) is 0. The van der Waals surface area contributed by atoms with Gasteiger partial charge in [0.05, 0.1) is 6.04 Å². The van der Waals surface area contributed by atoms with Crippen LogP contribution in [0.25, 0.3) is 0 Å². The van der Waals surface area contributed by atoms with Crippen LogP contribution in [0.5, 0.6) is 0 Å². The van der Waals surface area contributed by atoms with Crippen LogP contribution in [0.3, 0.4) is 0 Å². The molecule has 0 amide bonds. The minimum Gasteiger partial charge on any atom is -0.401 e. The molecular weight excluding hydrogens is 227 g/mol. The number of hydrogen-bond donors (Lipinski definition) is 1. The highest BCUT2D eigenvalue weighted by atomic mass is 127. The Morgan fingerprint density at radius 1 is 1.78 bits per heavy atom. The quantitative estimate of drug-likeness (QED) is 0.550. The van der Waals surface area contributed by atoms with Gasteiger partial charge in [-0.25, -0.2) is 3.11 Å².